The number of amides is 1. The molecule has 1 N–H and O–H groups in total. The van der Waals surface area contributed by atoms with Crippen LogP contribution in [0.5, 0.6) is 5.75 Å². The Labute approximate surface area is 153 Å². The first-order chi connectivity index (χ1) is 12.7. The highest BCUT2D eigenvalue weighted by Crippen LogP contribution is 2.31. The van der Waals surface area contributed by atoms with Crippen molar-refractivity contribution in [2.45, 2.75) is 44.9 Å². The Morgan fingerprint density at radius 3 is 2.69 bits per heavy atom. The Balaban J connectivity index is 1.68. The second kappa shape index (κ2) is 8.70. The molecule has 0 radical (unpaired) electrons. The van der Waals surface area contributed by atoms with E-state index in [2.05, 4.69) is 5.32 Å². The topological polar surface area (TPSA) is 68.5 Å². The van der Waals surface area contributed by atoms with Crippen LogP contribution in [0.1, 0.15) is 54.6 Å². The second-order valence-electron chi connectivity index (χ2n) is 6.74. The quantitative estimate of drug-likeness (QED) is 0.736. The molecular formula is C21H25NO4. The van der Waals surface area contributed by atoms with Crippen molar-refractivity contribution in [2.75, 3.05) is 12.4 Å². The molecule has 1 aliphatic rings. The molecule has 0 atom stereocenters. The number of anilines is 1. The Hall–Kier alpha value is -2.56. The number of benzene rings is 1. The molecule has 26 heavy (non-hydrogen) atoms. The van der Waals surface area contributed by atoms with Crippen LogP contribution in [0, 0.1) is 5.92 Å². The number of furan rings is 1. The molecule has 2 aromatic rings. The lowest BCUT2D eigenvalue weighted by Gasteiger charge is -2.21. The second-order valence-corrected chi connectivity index (χ2v) is 6.74. The summed E-state index contributed by atoms with van der Waals surface area (Å²) in [5.41, 5.74) is 1.18. The number of methoxy groups -OCH3 is 1. The van der Waals surface area contributed by atoms with Crippen molar-refractivity contribution < 1.29 is 18.7 Å². The number of hydrogen-bond donors (Lipinski definition) is 1. The standard InChI is InChI=1S/C21H25NO4/c1-25-19-11-9-16(21(24)15-6-3-2-4-7-15)14-18(19)22-20(23)12-10-17-8-5-13-26-17/h5,8-9,11,13-15H,2-4,6-7,10,12H2,1H3,(H,22,23). The highest BCUT2D eigenvalue weighted by molar-refractivity contribution is 6.00. The zero-order chi connectivity index (χ0) is 18.4. The summed E-state index contributed by atoms with van der Waals surface area (Å²) in [4.78, 5) is 25.0. The molecule has 1 aromatic heterocycles. The fourth-order valence-electron chi connectivity index (χ4n) is 3.46. The van der Waals surface area contributed by atoms with Gasteiger partial charge in [0, 0.05) is 24.3 Å². The number of ether oxygens (including phenoxy) is 1. The van der Waals surface area contributed by atoms with Gasteiger partial charge in [0.2, 0.25) is 5.91 Å². The lowest BCUT2D eigenvalue weighted by Crippen LogP contribution is -2.18. The van der Waals surface area contributed by atoms with E-state index in [9.17, 15) is 9.59 Å². The summed E-state index contributed by atoms with van der Waals surface area (Å²) in [5, 5.41) is 2.86. The van der Waals surface area contributed by atoms with E-state index in [1.165, 1.54) is 6.42 Å². The van der Waals surface area contributed by atoms with E-state index in [1.807, 2.05) is 6.07 Å². The Morgan fingerprint density at radius 2 is 2.00 bits per heavy atom. The lowest BCUT2D eigenvalue weighted by atomic mass is 9.84. The molecule has 1 fully saturated rings. The molecule has 1 saturated carbocycles. The minimum atomic E-state index is -0.137. The monoisotopic (exact) mass is 355 g/mol. The van der Waals surface area contributed by atoms with Crippen molar-refractivity contribution in [1.82, 2.24) is 0 Å². The molecule has 1 aromatic carbocycles. The molecule has 5 heteroatoms. The highest BCUT2D eigenvalue weighted by atomic mass is 16.5. The van der Waals surface area contributed by atoms with Gasteiger partial charge in [-0.2, -0.15) is 0 Å². The zero-order valence-electron chi connectivity index (χ0n) is 15.1. The van der Waals surface area contributed by atoms with Gasteiger partial charge in [-0.15, -0.1) is 0 Å². The van der Waals surface area contributed by atoms with Crippen LogP contribution in [0.2, 0.25) is 0 Å². The van der Waals surface area contributed by atoms with Gasteiger partial charge in [0.05, 0.1) is 19.1 Å². The van der Waals surface area contributed by atoms with E-state index < -0.39 is 0 Å². The Morgan fingerprint density at radius 1 is 1.19 bits per heavy atom. The highest BCUT2D eigenvalue weighted by Gasteiger charge is 2.23. The molecule has 3 rings (SSSR count). The van der Waals surface area contributed by atoms with Crippen molar-refractivity contribution in [3.63, 3.8) is 0 Å². The molecule has 0 spiro atoms. The maximum absolute atomic E-state index is 12.8. The summed E-state index contributed by atoms with van der Waals surface area (Å²) >= 11 is 0. The van der Waals surface area contributed by atoms with Crippen molar-refractivity contribution in [2.24, 2.45) is 5.92 Å². The minimum Gasteiger partial charge on any atom is -0.495 e. The predicted molar refractivity (Wildman–Crippen MR) is 99.6 cm³/mol. The van der Waals surface area contributed by atoms with E-state index in [-0.39, 0.29) is 17.6 Å². The average molecular weight is 355 g/mol. The molecule has 0 bridgehead atoms. The van der Waals surface area contributed by atoms with Crippen LogP contribution >= 0.6 is 0 Å². The maximum atomic E-state index is 12.8. The van der Waals surface area contributed by atoms with Gasteiger partial charge in [-0.3, -0.25) is 9.59 Å². The number of nitrogens with one attached hydrogen (secondary N) is 1. The van der Waals surface area contributed by atoms with E-state index in [1.54, 1.807) is 37.6 Å². The van der Waals surface area contributed by atoms with Crippen molar-refractivity contribution >= 4 is 17.4 Å². The van der Waals surface area contributed by atoms with Crippen molar-refractivity contribution in [3.05, 3.63) is 47.9 Å². The molecule has 1 heterocycles. The lowest BCUT2D eigenvalue weighted by molar-refractivity contribution is -0.116. The number of carbonyl (C=O) groups excluding carboxylic acids is 2. The third-order valence-electron chi connectivity index (χ3n) is 4.91. The zero-order valence-corrected chi connectivity index (χ0v) is 15.1. The molecule has 5 nitrogen and oxygen atoms in total. The molecule has 0 aliphatic heterocycles. The first-order valence-electron chi connectivity index (χ1n) is 9.22. The smallest absolute Gasteiger partial charge is 0.224 e. The van der Waals surface area contributed by atoms with Gasteiger partial charge in [0.1, 0.15) is 11.5 Å². The Bertz CT molecular complexity index is 745. The molecule has 0 unspecified atom stereocenters. The first kappa shape index (κ1) is 18.2. The number of rotatable bonds is 7. The van der Waals surface area contributed by atoms with E-state index in [0.717, 1.165) is 31.4 Å². The number of aryl methyl sites for hydroxylation is 1. The summed E-state index contributed by atoms with van der Waals surface area (Å²) in [6.07, 6.45) is 7.77. The van der Waals surface area contributed by atoms with Gasteiger partial charge >= 0.3 is 0 Å². The fraction of sp³-hybridized carbons (Fsp3) is 0.429. The molecule has 0 saturated heterocycles. The van der Waals surface area contributed by atoms with Crippen LogP contribution in [0.15, 0.2) is 41.0 Å². The van der Waals surface area contributed by atoms with Gasteiger partial charge in [-0.25, -0.2) is 0 Å². The van der Waals surface area contributed by atoms with Crippen molar-refractivity contribution in [3.8, 4) is 5.75 Å². The average Bonchev–Trinajstić information content (AvgIpc) is 3.20. The number of Topliss-reactive ketones (excluding diaryl/α,β-unsaturated/α-hetero) is 1. The predicted octanol–water partition coefficient (Wildman–Crippen LogP) is 4.62. The van der Waals surface area contributed by atoms with E-state index in [0.29, 0.717) is 29.8 Å². The number of hydrogen-bond acceptors (Lipinski definition) is 4. The summed E-state index contributed by atoms with van der Waals surface area (Å²) in [6, 6.07) is 8.92. The molecule has 1 aliphatic carbocycles. The van der Waals surface area contributed by atoms with Crippen LogP contribution in [-0.2, 0) is 11.2 Å². The van der Waals surface area contributed by atoms with E-state index >= 15 is 0 Å². The summed E-state index contributed by atoms with van der Waals surface area (Å²) in [6.45, 7) is 0. The fourth-order valence-corrected chi connectivity index (χ4v) is 3.46. The van der Waals surface area contributed by atoms with Gasteiger partial charge in [-0.1, -0.05) is 19.3 Å². The maximum Gasteiger partial charge on any atom is 0.224 e. The van der Waals surface area contributed by atoms with Gasteiger partial charge < -0.3 is 14.5 Å². The summed E-state index contributed by atoms with van der Waals surface area (Å²) in [5.74, 6) is 1.45. The normalized spacial score (nSPS) is 14.8. The van der Waals surface area contributed by atoms with Crippen LogP contribution in [-0.4, -0.2) is 18.8 Å². The van der Waals surface area contributed by atoms with E-state index in [4.69, 9.17) is 9.15 Å². The van der Waals surface area contributed by atoms with Crippen LogP contribution in [0.3, 0.4) is 0 Å². The molecule has 1 amide bonds. The number of ketones is 1. The van der Waals surface area contributed by atoms with Gasteiger partial charge in [-0.05, 0) is 43.2 Å². The number of carbonyl (C=O) groups is 2. The van der Waals surface area contributed by atoms with Gasteiger partial charge in [0.15, 0.2) is 5.78 Å². The third kappa shape index (κ3) is 4.54. The van der Waals surface area contributed by atoms with Crippen molar-refractivity contribution in [1.29, 1.82) is 0 Å². The van der Waals surface area contributed by atoms with Gasteiger partial charge in [0.25, 0.3) is 0 Å². The third-order valence-corrected chi connectivity index (χ3v) is 4.91. The summed E-state index contributed by atoms with van der Waals surface area (Å²) in [7, 11) is 1.55. The van der Waals surface area contributed by atoms with Crippen LogP contribution in [0.25, 0.3) is 0 Å². The SMILES string of the molecule is COc1ccc(C(=O)C2CCCCC2)cc1NC(=O)CCc1ccco1. The Kier molecular flexibility index (Phi) is 6.10. The van der Waals surface area contributed by atoms with Crippen LogP contribution < -0.4 is 10.1 Å². The van der Waals surface area contributed by atoms with Crippen LogP contribution in [0.4, 0.5) is 5.69 Å². The largest absolute Gasteiger partial charge is 0.495 e. The minimum absolute atomic E-state index is 0.0969. The molecular weight excluding hydrogens is 330 g/mol. The summed E-state index contributed by atoms with van der Waals surface area (Å²) < 4.78 is 10.6. The molecule has 138 valence electrons. The first-order valence-corrected chi connectivity index (χ1v) is 9.22.